The molecule has 0 aliphatic rings. The number of rotatable bonds is 7. The molecule has 0 saturated carbocycles. The second-order valence-electron chi connectivity index (χ2n) is 8.06. The first-order valence-electron chi connectivity index (χ1n) is 11.1. The van der Waals surface area contributed by atoms with Crippen molar-refractivity contribution in [2.24, 2.45) is 0 Å². The fraction of sp³-hybridized carbons (Fsp3) is 0.115. The molecule has 180 valence electrons. The standard InChI is InChI=1S/C26H22FN7O2/c1-17-29-31-32-34(17)20-11-12-23(27)24(14-20)28-26(35)22-16-33(15-18-7-4-3-5-8-18)30-25(22)19-9-6-10-21(13-19)36-2/h3-14,16H,15H2,1-2H3,(H,28,35). The lowest BCUT2D eigenvalue weighted by molar-refractivity contribution is 0.102. The maximum Gasteiger partial charge on any atom is 0.259 e. The topological polar surface area (TPSA) is 99.8 Å². The van der Waals surface area contributed by atoms with Crippen LogP contribution in [0.2, 0.25) is 0 Å². The molecule has 0 aliphatic carbocycles. The first-order chi connectivity index (χ1) is 17.5. The molecule has 5 aromatic rings. The lowest BCUT2D eigenvalue weighted by Crippen LogP contribution is -2.14. The molecule has 0 bridgehead atoms. The quantitative estimate of drug-likeness (QED) is 0.371. The van der Waals surface area contributed by atoms with E-state index in [2.05, 4.69) is 25.9 Å². The van der Waals surface area contributed by atoms with Crippen molar-refractivity contribution >= 4 is 11.6 Å². The first-order valence-corrected chi connectivity index (χ1v) is 11.1. The van der Waals surface area contributed by atoms with Gasteiger partial charge in [0.2, 0.25) is 0 Å². The van der Waals surface area contributed by atoms with Crippen LogP contribution in [0.3, 0.4) is 0 Å². The molecular formula is C26H22FN7O2. The van der Waals surface area contributed by atoms with E-state index in [1.54, 1.807) is 31.0 Å². The number of ether oxygens (including phenoxy) is 1. The van der Waals surface area contributed by atoms with Crippen LogP contribution in [-0.4, -0.2) is 43.0 Å². The van der Waals surface area contributed by atoms with E-state index >= 15 is 0 Å². The highest BCUT2D eigenvalue weighted by Crippen LogP contribution is 2.28. The van der Waals surface area contributed by atoms with Gasteiger partial charge in [0.25, 0.3) is 5.91 Å². The number of nitrogens with one attached hydrogen (secondary N) is 1. The lowest BCUT2D eigenvalue weighted by Gasteiger charge is -2.09. The minimum atomic E-state index is -0.586. The summed E-state index contributed by atoms with van der Waals surface area (Å²) in [6, 6.07) is 21.3. The van der Waals surface area contributed by atoms with Crippen LogP contribution in [0.5, 0.6) is 5.75 Å². The van der Waals surface area contributed by atoms with Gasteiger partial charge in [0.15, 0.2) is 5.82 Å². The van der Waals surface area contributed by atoms with E-state index < -0.39 is 11.7 Å². The molecule has 5 rings (SSSR count). The van der Waals surface area contributed by atoms with E-state index in [-0.39, 0.29) is 5.69 Å². The number of carbonyl (C=O) groups excluding carboxylic acids is 1. The summed E-state index contributed by atoms with van der Waals surface area (Å²) in [7, 11) is 1.57. The Hall–Kier alpha value is -4.86. The highest BCUT2D eigenvalue weighted by Gasteiger charge is 2.20. The number of amides is 1. The maximum atomic E-state index is 14.7. The molecule has 10 heteroatoms. The number of nitrogens with zero attached hydrogens (tertiary/aromatic N) is 6. The van der Waals surface area contributed by atoms with Crippen molar-refractivity contribution in [2.75, 3.05) is 12.4 Å². The van der Waals surface area contributed by atoms with E-state index in [1.807, 2.05) is 48.5 Å². The molecule has 2 heterocycles. The molecule has 1 N–H and O–H groups in total. The van der Waals surface area contributed by atoms with Gasteiger partial charge in [-0.3, -0.25) is 9.48 Å². The van der Waals surface area contributed by atoms with Crippen LogP contribution in [0.15, 0.2) is 79.0 Å². The average molecular weight is 484 g/mol. The predicted molar refractivity (Wildman–Crippen MR) is 132 cm³/mol. The van der Waals surface area contributed by atoms with E-state index in [0.29, 0.717) is 40.6 Å². The Morgan fingerprint density at radius 2 is 1.89 bits per heavy atom. The number of methoxy groups -OCH3 is 1. The van der Waals surface area contributed by atoms with E-state index in [9.17, 15) is 9.18 Å². The zero-order chi connectivity index (χ0) is 25.1. The average Bonchev–Trinajstić information content (AvgIpc) is 3.52. The molecular weight excluding hydrogens is 461 g/mol. The number of carbonyl (C=O) groups is 1. The Balaban J connectivity index is 1.51. The van der Waals surface area contributed by atoms with Crippen LogP contribution in [-0.2, 0) is 6.54 Å². The van der Waals surface area contributed by atoms with Gasteiger partial charge in [-0.15, -0.1) is 5.10 Å². The van der Waals surface area contributed by atoms with Crippen molar-refractivity contribution < 1.29 is 13.9 Å². The SMILES string of the molecule is COc1cccc(-c2nn(Cc3ccccc3)cc2C(=O)Nc2cc(-n3nnnc3C)ccc2F)c1. The summed E-state index contributed by atoms with van der Waals surface area (Å²) in [6.45, 7) is 2.19. The van der Waals surface area contributed by atoms with Crippen LogP contribution < -0.4 is 10.1 Å². The van der Waals surface area contributed by atoms with E-state index in [0.717, 1.165) is 5.56 Å². The number of halogens is 1. The van der Waals surface area contributed by atoms with Crippen molar-refractivity contribution in [1.29, 1.82) is 0 Å². The number of hydrogen-bond acceptors (Lipinski definition) is 6. The number of tetrazole rings is 1. The van der Waals surface area contributed by atoms with Gasteiger partial charge in [0.05, 0.1) is 30.6 Å². The van der Waals surface area contributed by atoms with Crippen molar-refractivity contribution in [1.82, 2.24) is 30.0 Å². The molecule has 0 aliphatic heterocycles. The smallest absolute Gasteiger partial charge is 0.259 e. The van der Waals surface area contributed by atoms with Gasteiger partial charge < -0.3 is 10.1 Å². The summed E-state index contributed by atoms with van der Waals surface area (Å²) >= 11 is 0. The maximum absolute atomic E-state index is 14.7. The van der Waals surface area contributed by atoms with Gasteiger partial charge in [-0.25, -0.2) is 4.39 Å². The Morgan fingerprint density at radius 1 is 1.06 bits per heavy atom. The number of aryl methyl sites for hydroxylation is 1. The monoisotopic (exact) mass is 483 g/mol. The van der Waals surface area contributed by atoms with Crippen molar-refractivity contribution in [3.63, 3.8) is 0 Å². The van der Waals surface area contributed by atoms with Crippen molar-refractivity contribution in [2.45, 2.75) is 13.5 Å². The van der Waals surface area contributed by atoms with Crippen molar-refractivity contribution in [3.8, 4) is 22.7 Å². The second kappa shape index (κ2) is 9.79. The lowest BCUT2D eigenvalue weighted by atomic mass is 10.1. The summed E-state index contributed by atoms with van der Waals surface area (Å²) in [4.78, 5) is 13.4. The van der Waals surface area contributed by atoms with Gasteiger partial charge in [-0.05, 0) is 53.2 Å². The van der Waals surface area contributed by atoms with Gasteiger partial charge in [-0.2, -0.15) is 9.78 Å². The van der Waals surface area contributed by atoms with Gasteiger partial charge in [0.1, 0.15) is 17.3 Å². The zero-order valence-electron chi connectivity index (χ0n) is 19.6. The third-order valence-electron chi connectivity index (χ3n) is 5.61. The Labute approximate surface area is 206 Å². The summed E-state index contributed by atoms with van der Waals surface area (Å²) in [6.07, 6.45) is 1.66. The Bertz CT molecular complexity index is 1530. The number of anilines is 1. The van der Waals surface area contributed by atoms with Gasteiger partial charge in [-0.1, -0.05) is 42.5 Å². The van der Waals surface area contributed by atoms with Crippen LogP contribution in [0.1, 0.15) is 21.7 Å². The van der Waals surface area contributed by atoms with Crippen LogP contribution >= 0.6 is 0 Å². The summed E-state index contributed by atoms with van der Waals surface area (Å²) in [5.41, 5.74) is 2.99. The number of aromatic nitrogens is 6. The van der Waals surface area contributed by atoms with Crippen molar-refractivity contribution in [3.05, 3.63) is 102 Å². The van der Waals surface area contributed by atoms with E-state index in [1.165, 1.54) is 22.9 Å². The minimum Gasteiger partial charge on any atom is -0.497 e. The zero-order valence-corrected chi connectivity index (χ0v) is 19.6. The summed E-state index contributed by atoms with van der Waals surface area (Å²) in [5.74, 6) is 0.0717. The Kier molecular flexibility index (Phi) is 6.23. The third-order valence-corrected chi connectivity index (χ3v) is 5.61. The fourth-order valence-corrected chi connectivity index (χ4v) is 3.82. The highest BCUT2D eigenvalue weighted by molar-refractivity contribution is 6.08. The van der Waals surface area contributed by atoms with Gasteiger partial charge in [0, 0.05) is 11.8 Å². The third kappa shape index (κ3) is 4.69. The summed E-state index contributed by atoms with van der Waals surface area (Å²) in [5, 5.41) is 18.7. The first kappa shape index (κ1) is 22.9. The molecule has 0 fully saturated rings. The molecule has 0 spiro atoms. The second-order valence-corrected chi connectivity index (χ2v) is 8.06. The fourth-order valence-electron chi connectivity index (χ4n) is 3.82. The summed E-state index contributed by atoms with van der Waals surface area (Å²) < 4.78 is 23.2. The number of hydrogen-bond donors (Lipinski definition) is 1. The molecule has 0 unspecified atom stereocenters. The normalized spacial score (nSPS) is 10.9. The number of benzene rings is 3. The molecule has 2 aromatic heterocycles. The molecule has 0 atom stereocenters. The van der Waals surface area contributed by atoms with Crippen LogP contribution in [0.25, 0.3) is 16.9 Å². The van der Waals surface area contributed by atoms with Crippen LogP contribution in [0.4, 0.5) is 10.1 Å². The Morgan fingerprint density at radius 3 is 2.64 bits per heavy atom. The molecule has 0 saturated heterocycles. The molecule has 0 radical (unpaired) electrons. The van der Waals surface area contributed by atoms with Gasteiger partial charge >= 0.3 is 0 Å². The largest absolute Gasteiger partial charge is 0.497 e. The predicted octanol–water partition coefficient (Wildman–Crippen LogP) is 4.28. The minimum absolute atomic E-state index is 0.000184. The van der Waals surface area contributed by atoms with Crippen LogP contribution in [0, 0.1) is 12.7 Å². The molecule has 36 heavy (non-hydrogen) atoms. The molecule has 1 amide bonds. The highest BCUT2D eigenvalue weighted by atomic mass is 19.1. The molecule has 3 aromatic carbocycles. The molecule has 9 nitrogen and oxygen atoms in total. The van der Waals surface area contributed by atoms with E-state index in [4.69, 9.17) is 4.74 Å².